The zero-order chi connectivity index (χ0) is 29.9. The second kappa shape index (κ2) is 12.2. The van der Waals surface area contributed by atoms with Crippen molar-refractivity contribution in [3.8, 4) is 0 Å². The highest BCUT2D eigenvalue weighted by atomic mass is 16.7. The summed E-state index contributed by atoms with van der Waals surface area (Å²) in [6.07, 6.45) is 4.77. The molecule has 0 radical (unpaired) electrons. The third-order valence-corrected chi connectivity index (χ3v) is 8.56. The van der Waals surface area contributed by atoms with Gasteiger partial charge in [0.1, 0.15) is 5.71 Å². The van der Waals surface area contributed by atoms with Gasteiger partial charge in [-0.15, -0.1) is 0 Å². The monoisotopic (exact) mass is 570 g/mol. The Balaban J connectivity index is 1.39. The standard InChI is InChI=1S/C37H34N2O4/c1-3-39-33-19-17-27(35(40)29-16-10-7-11-24(29)2)22-30(33)31-23-28(18-20-34(31)39)36(41)32(21-25-12-8-9-13-25)38-43-37(42)26-14-5-4-6-15-26/h4-7,10-11,14-20,22-23,25H,3,8-9,12-13,21H2,1-2H3. The minimum Gasteiger partial charge on any atom is -0.341 e. The topological polar surface area (TPSA) is 77.7 Å². The molecular weight excluding hydrogens is 536 g/mol. The largest absolute Gasteiger partial charge is 0.365 e. The van der Waals surface area contributed by atoms with Crippen LogP contribution in [0.5, 0.6) is 0 Å². The molecular formula is C37H34N2O4. The van der Waals surface area contributed by atoms with E-state index >= 15 is 0 Å². The fourth-order valence-corrected chi connectivity index (χ4v) is 6.26. The third-order valence-electron chi connectivity index (χ3n) is 8.56. The number of oxime groups is 1. The van der Waals surface area contributed by atoms with E-state index in [1.54, 1.807) is 24.3 Å². The van der Waals surface area contributed by atoms with E-state index in [1.165, 1.54) is 0 Å². The average Bonchev–Trinajstić information content (AvgIpc) is 3.67. The first-order chi connectivity index (χ1) is 20.9. The van der Waals surface area contributed by atoms with Crippen molar-refractivity contribution >= 4 is 45.1 Å². The van der Waals surface area contributed by atoms with Crippen molar-refractivity contribution < 1.29 is 19.2 Å². The molecule has 0 saturated heterocycles. The molecule has 1 saturated carbocycles. The molecule has 216 valence electrons. The zero-order valence-electron chi connectivity index (χ0n) is 24.5. The molecule has 6 heteroatoms. The Kier molecular flexibility index (Phi) is 8.01. The van der Waals surface area contributed by atoms with E-state index in [-0.39, 0.29) is 17.3 Å². The maximum absolute atomic E-state index is 14.0. The SMILES string of the molecule is CCn1c2ccc(C(=O)C(CC3CCCC3)=NOC(=O)c3ccccc3)cc2c2cc(C(=O)c3ccccc3C)ccc21. The molecule has 5 aromatic rings. The van der Waals surface area contributed by atoms with Gasteiger partial charge in [-0.3, -0.25) is 9.59 Å². The number of rotatable bonds is 9. The summed E-state index contributed by atoms with van der Waals surface area (Å²) in [7, 11) is 0. The Hall–Kier alpha value is -4.84. The fraction of sp³-hybridized carbons (Fsp3) is 0.243. The second-order valence-corrected chi connectivity index (χ2v) is 11.3. The van der Waals surface area contributed by atoms with E-state index in [1.807, 2.05) is 73.7 Å². The van der Waals surface area contributed by atoms with Crippen LogP contribution in [0.15, 0.2) is 96.2 Å². The normalized spacial score (nSPS) is 14.0. The number of Topliss-reactive ketones (excluding diaryl/α,β-unsaturated/α-hetero) is 1. The highest BCUT2D eigenvalue weighted by Crippen LogP contribution is 2.33. The molecule has 0 spiro atoms. The van der Waals surface area contributed by atoms with E-state index in [4.69, 9.17) is 4.84 Å². The molecule has 0 aliphatic heterocycles. The minimum atomic E-state index is -0.593. The molecule has 1 fully saturated rings. The summed E-state index contributed by atoms with van der Waals surface area (Å²) in [6.45, 7) is 4.76. The Morgan fingerprint density at radius 3 is 2.09 bits per heavy atom. The van der Waals surface area contributed by atoms with Gasteiger partial charge in [-0.1, -0.05) is 73.3 Å². The Morgan fingerprint density at radius 2 is 1.42 bits per heavy atom. The van der Waals surface area contributed by atoms with Crippen LogP contribution < -0.4 is 0 Å². The molecule has 1 aliphatic carbocycles. The number of benzene rings is 4. The van der Waals surface area contributed by atoms with E-state index in [0.29, 0.717) is 34.6 Å². The zero-order valence-corrected chi connectivity index (χ0v) is 24.5. The molecule has 0 bridgehead atoms. The number of carbonyl (C=O) groups is 3. The van der Waals surface area contributed by atoms with Crippen molar-refractivity contribution in [2.24, 2.45) is 11.1 Å². The lowest BCUT2D eigenvalue weighted by atomic mass is 9.94. The first-order valence-electron chi connectivity index (χ1n) is 15.0. The Morgan fingerprint density at radius 1 is 0.791 bits per heavy atom. The third kappa shape index (κ3) is 5.65. The summed E-state index contributed by atoms with van der Waals surface area (Å²) in [5.74, 6) is -0.543. The summed E-state index contributed by atoms with van der Waals surface area (Å²) in [4.78, 5) is 45.4. The Bertz CT molecular complexity index is 1880. The van der Waals surface area contributed by atoms with Gasteiger partial charge in [0.15, 0.2) is 5.78 Å². The van der Waals surface area contributed by atoms with Crippen molar-refractivity contribution in [1.82, 2.24) is 4.57 Å². The van der Waals surface area contributed by atoms with Gasteiger partial charge in [0.2, 0.25) is 5.78 Å². The van der Waals surface area contributed by atoms with E-state index in [2.05, 4.69) is 16.6 Å². The molecule has 6 rings (SSSR count). The first kappa shape index (κ1) is 28.3. The van der Waals surface area contributed by atoms with Crippen molar-refractivity contribution in [3.63, 3.8) is 0 Å². The number of fused-ring (bicyclic) bond motifs is 3. The van der Waals surface area contributed by atoms with Crippen molar-refractivity contribution in [1.29, 1.82) is 0 Å². The first-order valence-corrected chi connectivity index (χ1v) is 15.0. The number of nitrogens with zero attached hydrogens (tertiary/aromatic N) is 2. The van der Waals surface area contributed by atoms with Crippen LogP contribution in [-0.4, -0.2) is 27.8 Å². The van der Waals surface area contributed by atoms with Gasteiger partial charge in [-0.2, -0.15) is 0 Å². The second-order valence-electron chi connectivity index (χ2n) is 11.3. The number of aryl methyl sites for hydroxylation is 2. The molecule has 4 aromatic carbocycles. The van der Waals surface area contributed by atoms with E-state index < -0.39 is 5.97 Å². The predicted molar refractivity (Wildman–Crippen MR) is 170 cm³/mol. The maximum Gasteiger partial charge on any atom is 0.365 e. The lowest BCUT2D eigenvalue weighted by Crippen LogP contribution is -2.19. The highest BCUT2D eigenvalue weighted by Gasteiger charge is 2.25. The lowest BCUT2D eigenvalue weighted by molar-refractivity contribution is 0.0514. The fourth-order valence-electron chi connectivity index (χ4n) is 6.26. The van der Waals surface area contributed by atoms with Crippen LogP contribution in [0.3, 0.4) is 0 Å². The van der Waals surface area contributed by atoms with Crippen molar-refractivity contribution in [2.75, 3.05) is 0 Å². The number of hydrogen-bond donors (Lipinski definition) is 0. The van der Waals surface area contributed by atoms with Gasteiger partial charge < -0.3 is 9.40 Å². The number of aromatic nitrogens is 1. The van der Waals surface area contributed by atoms with Crippen molar-refractivity contribution in [3.05, 3.63) is 119 Å². The van der Waals surface area contributed by atoms with E-state index in [9.17, 15) is 14.4 Å². The van der Waals surface area contributed by atoms with Crippen molar-refractivity contribution in [2.45, 2.75) is 52.5 Å². The van der Waals surface area contributed by atoms with E-state index in [0.717, 1.165) is 59.6 Å². The maximum atomic E-state index is 14.0. The average molecular weight is 571 g/mol. The summed E-state index contributed by atoms with van der Waals surface area (Å²) in [6, 6.07) is 27.7. The number of carbonyl (C=O) groups excluding carboxylic acids is 3. The lowest BCUT2D eigenvalue weighted by Gasteiger charge is -2.11. The van der Waals surface area contributed by atoms with Gasteiger partial charge in [0.05, 0.1) is 5.56 Å². The predicted octanol–water partition coefficient (Wildman–Crippen LogP) is 8.33. The van der Waals surface area contributed by atoms with Gasteiger partial charge in [0, 0.05) is 45.0 Å². The molecule has 1 aromatic heterocycles. The molecule has 43 heavy (non-hydrogen) atoms. The number of hydrogen-bond acceptors (Lipinski definition) is 5. The molecule has 0 atom stereocenters. The van der Waals surface area contributed by atoms with Crippen LogP contribution in [0.4, 0.5) is 0 Å². The van der Waals surface area contributed by atoms with Crippen LogP contribution >= 0.6 is 0 Å². The van der Waals surface area contributed by atoms with Gasteiger partial charge in [0.25, 0.3) is 0 Å². The summed E-state index contributed by atoms with van der Waals surface area (Å²) in [5.41, 5.74) is 5.30. The smallest absolute Gasteiger partial charge is 0.341 e. The summed E-state index contributed by atoms with van der Waals surface area (Å²) < 4.78 is 2.19. The minimum absolute atomic E-state index is 0.0316. The van der Waals surface area contributed by atoms with Gasteiger partial charge in [-0.25, -0.2) is 4.79 Å². The number of ketones is 2. The van der Waals surface area contributed by atoms with Gasteiger partial charge in [-0.05, 0) is 80.3 Å². The quantitative estimate of drug-likeness (QED) is 0.0772. The summed E-state index contributed by atoms with van der Waals surface area (Å²) >= 11 is 0. The Labute approximate surface area is 251 Å². The summed E-state index contributed by atoms with van der Waals surface area (Å²) in [5, 5.41) is 5.96. The molecule has 0 N–H and O–H groups in total. The van der Waals surface area contributed by atoms with Crippen LogP contribution in [0.1, 0.15) is 81.2 Å². The van der Waals surface area contributed by atoms with Gasteiger partial charge >= 0.3 is 5.97 Å². The van der Waals surface area contributed by atoms with Crippen LogP contribution in [0.2, 0.25) is 0 Å². The molecule has 1 aliphatic rings. The molecule has 0 unspecified atom stereocenters. The van der Waals surface area contributed by atoms with Crippen LogP contribution in [0.25, 0.3) is 21.8 Å². The molecule has 1 heterocycles. The van der Waals surface area contributed by atoms with Crippen LogP contribution in [0, 0.1) is 12.8 Å². The molecule has 6 nitrogen and oxygen atoms in total. The molecule has 0 amide bonds. The van der Waals surface area contributed by atoms with Crippen LogP contribution in [-0.2, 0) is 11.4 Å². The highest BCUT2D eigenvalue weighted by molar-refractivity contribution is 6.46.